The van der Waals surface area contributed by atoms with E-state index in [0.717, 1.165) is 0 Å². The standard InChI is InChI=1S/C15H9Cl2NO3/c16-10-5-3-6-11(17)14(10)15-12(18(19)20)8-9-4-1-2-7-13(9)21-15/h1-8,15H/t15-/m1/s1. The van der Waals surface area contributed by atoms with Crippen LogP contribution in [0.1, 0.15) is 17.2 Å². The monoisotopic (exact) mass is 321 g/mol. The van der Waals surface area contributed by atoms with E-state index >= 15 is 0 Å². The number of benzene rings is 2. The summed E-state index contributed by atoms with van der Waals surface area (Å²) in [6.45, 7) is 0. The minimum Gasteiger partial charge on any atom is -0.474 e. The third kappa shape index (κ3) is 2.48. The van der Waals surface area contributed by atoms with Crippen LogP contribution in [0.2, 0.25) is 10.0 Å². The molecular formula is C15H9Cl2NO3. The molecule has 0 saturated carbocycles. The van der Waals surface area contributed by atoms with Crippen molar-refractivity contribution in [2.24, 2.45) is 0 Å². The van der Waals surface area contributed by atoms with E-state index in [0.29, 0.717) is 26.9 Å². The van der Waals surface area contributed by atoms with Gasteiger partial charge in [0.2, 0.25) is 6.10 Å². The molecule has 1 aliphatic heterocycles. The van der Waals surface area contributed by atoms with Crippen molar-refractivity contribution in [1.82, 2.24) is 0 Å². The van der Waals surface area contributed by atoms with Gasteiger partial charge >= 0.3 is 0 Å². The second-order valence-corrected chi connectivity index (χ2v) is 5.31. The fraction of sp³-hybridized carbons (Fsp3) is 0.0667. The molecule has 106 valence electrons. The van der Waals surface area contributed by atoms with Gasteiger partial charge in [0.25, 0.3) is 5.70 Å². The van der Waals surface area contributed by atoms with Crippen molar-refractivity contribution in [3.05, 3.63) is 79.4 Å². The Bertz CT molecular complexity index is 738. The van der Waals surface area contributed by atoms with Crippen LogP contribution in [0.3, 0.4) is 0 Å². The van der Waals surface area contributed by atoms with Crippen LogP contribution in [-0.2, 0) is 0 Å². The first-order valence-electron chi connectivity index (χ1n) is 6.13. The van der Waals surface area contributed by atoms with Crippen LogP contribution in [0, 0.1) is 10.1 Å². The van der Waals surface area contributed by atoms with Crippen LogP contribution in [0.25, 0.3) is 6.08 Å². The molecule has 1 heterocycles. The third-order valence-corrected chi connectivity index (χ3v) is 3.87. The van der Waals surface area contributed by atoms with Crippen LogP contribution in [0.4, 0.5) is 0 Å². The summed E-state index contributed by atoms with van der Waals surface area (Å²) in [5, 5.41) is 12.0. The van der Waals surface area contributed by atoms with Crippen LogP contribution in [-0.4, -0.2) is 4.92 Å². The Labute approximate surface area is 130 Å². The molecule has 0 radical (unpaired) electrons. The number of fused-ring (bicyclic) bond motifs is 1. The zero-order valence-corrected chi connectivity index (χ0v) is 12.1. The first kappa shape index (κ1) is 13.9. The van der Waals surface area contributed by atoms with Crippen LogP contribution in [0.5, 0.6) is 5.75 Å². The number of hydrogen-bond acceptors (Lipinski definition) is 3. The lowest BCUT2D eigenvalue weighted by atomic mass is 10.0. The predicted octanol–water partition coefficient (Wildman–Crippen LogP) is 4.74. The van der Waals surface area contributed by atoms with Gasteiger partial charge in [-0.15, -0.1) is 0 Å². The molecule has 0 spiro atoms. The molecule has 1 aliphatic rings. The van der Waals surface area contributed by atoms with Gasteiger partial charge in [-0.05, 0) is 18.2 Å². The van der Waals surface area contributed by atoms with Gasteiger partial charge in [-0.1, -0.05) is 47.5 Å². The summed E-state index contributed by atoms with van der Waals surface area (Å²) in [5.41, 5.74) is 0.964. The molecule has 1 atom stereocenters. The second kappa shape index (κ2) is 5.39. The zero-order valence-electron chi connectivity index (χ0n) is 10.6. The second-order valence-electron chi connectivity index (χ2n) is 4.50. The number of halogens is 2. The lowest BCUT2D eigenvalue weighted by Crippen LogP contribution is -2.20. The highest BCUT2D eigenvalue weighted by Crippen LogP contribution is 2.42. The first-order chi connectivity index (χ1) is 10.1. The highest BCUT2D eigenvalue weighted by molar-refractivity contribution is 6.36. The molecule has 6 heteroatoms. The summed E-state index contributed by atoms with van der Waals surface area (Å²) in [5.74, 6) is 0.559. The normalized spacial score (nSPS) is 16.7. The molecule has 2 aromatic rings. The minimum absolute atomic E-state index is 0.0938. The Hall–Kier alpha value is -2.04. The van der Waals surface area contributed by atoms with E-state index in [4.69, 9.17) is 27.9 Å². The zero-order chi connectivity index (χ0) is 15.0. The summed E-state index contributed by atoms with van der Waals surface area (Å²) in [7, 11) is 0. The lowest BCUT2D eigenvalue weighted by Gasteiger charge is -2.23. The summed E-state index contributed by atoms with van der Waals surface area (Å²) in [4.78, 5) is 10.9. The summed E-state index contributed by atoms with van der Waals surface area (Å²) in [6, 6.07) is 12.0. The van der Waals surface area contributed by atoms with Gasteiger partial charge in [-0.25, -0.2) is 0 Å². The number of para-hydroxylation sites is 1. The largest absolute Gasteiger partial charge is 0.474 e. The number of nitrogens with zero attached hydrogens (tertiary/aromatic N) is 1. The Morgan fingerprint density at radius 2 is 1.71 bits per heavy atom. The summed E-state index contributed by atoms with van der Waals surface area (Å²) in [6.07, 6.45) is 0.555. The van der Waals surface area contributed by atoms with Crippen LogP contribution < -0.4 is 4.74 Å². The maximum absolute atomic E-state index is 11.3. The van der Waals surface area contributed by atoms with E-state index in [-0.39, 0.29) is 5.70 Å². The molecule has 2 aromatic carbocycles. The molecule has 4 nitrogen and oxygen atoms in total. The smallest absolute Gasteiger partial charge is 0.291 e. The van der Waals surface area contributed by atoms with Crippen molar-refractivity contribution in [2.75, 3.05) is 0 Å². The molecule has 0 aliphatic carbocycles. The number of ether oxygens (including phenoxy) is 1. The number of hydrogen-bond donors (Lipinski definition) is 0. The molecular weight excluding hydrogens is 313 g/mol. The van der Waals surface area contributed by atoms with E-state index in [1.807, 2.05) is 0 Å². The van der Waals surface area contributed by atoms with Crippen molar-refractivity contribution >= 4 is 29.3 Å². The van der Waals surface area contributed by atoms with Gasteiger partial charge in [0.15, 0.2) is 0 Å². The van der Waals surface area contributed by atoms with E-state index in [1.165, 1.54) is 6.08 Å². The molecule has 0 amide bonds. The van der Waals surface area contributed by atoms with E-state index in [2.05, 4.69) is 0 Å². The molecule has 0 unspecified atom stereocenters. The van der Waals surface area contributed by atoms with E-state index in [9.17, 15) is 10.1 Å². The topological polar surface area (TPSA) is 52.4 Å². The highest BCUT2D eigenvalue weighted by atomic mass is 35.5. The van der Waals surface area contributed by atoms with Crippen LogP contribution in [0.15, 0.2) is 48.2 Å². The number of nitro groups is 1. The van der Waals surface area contributed by atoms with Crippen LogP contribution >= 0.6 is 23.2 Å². The average Bonchev–Trinajstić information content (AvgIpc) is 2.46. The predicted molar refractivity (Wildman–Crippen MR) is 81.2 cm³/mol. The maximum Gasteiger partial charge on any atom is 0.291 e. The Kier molecular flexibility index (Phi) is 3.57. The molecule has 21 heavy (non-hydrogen) atoms. The lowest BCUT2D eigenvalue weighted by molar-refractivity contribution is -0.434. The fourth-order valence-electron chi connectivity index (χ4n) is 2.25. The van der Waals surface area contributed by atoms with Gasteiger partial charge in [-0.2, -0.15) is 0 Å². The van der Waals surface area contributed by atoms with Crippen molar-refractivity contribution in [3.8, 4) is 5.75 Å². The van der Waals surface area contributed by atoms with Crippen molar-refractivity contribution in [2.45, 2.75) is 6.10 Å². The van der Waals surface area contributed by atoms with Gasteiger partial charge in [0.05, 0.1) is 4.92 Å². The molecule has 0 bridgehead atoms. The maximum atomic E-state index is 11.3. The van der Waals surface area contributed by atoms with Gasteiger partial charge in [0.1, 0.15) is 5.75 Å². The first-order valence-corrected chi connectivity index (χ1v) is 6.89. The molecule has 0 N–H and O–H groups in total. The van der Waals surface area contributed by atoms with Gasteiger partial charge in [-0.3, -0.25) is 10.1 Å². The van der Waals surface area contributed by atoms with E-state index in [1.54, 1.807) is 42.5 Å². The van der Waals surface area contributed by atoms with Crippen molar-refractivity contribution in [1.29, 1.82) is 0 Å². The third-order valence-electron chi connectivity index (χ3n) is 3.21. The van der Waals surface area contributed by atoms with Gasteiger partial charge < -0.3 is 4.74 Å². The summed E-state index contributed by atoms with van der Waals surface area (Å²) < 4.78 is 5.77. The number of rotatable bonds is 2. The molecule has 0 fully saturated rings. The quantitative estimate of drug-likeness (QED) is 0.592. The van der Waals surface area contributed by atoms with Crippen molar-refractivity contribution in [3.63, 3.8) is 0 Å². The highest BCUT2D eigenvalue weighted by Gasteiger charge is 2.35. The summed E-state index contributed by atoms with van der Waals surface area (Å²) >= 11 is 12.3. The Balaban J connectivity index is 2.17. The molecule has 0 aromatic heterocycles. The average molecular weight is 322 g/mol. The molecule has 3 rings (SSSR count). The Morgan fingerprint density at radius 1 is 1.05 bits per heavy atom. The van der Waals surface area contributed by atoms with Crippen molar-refractivity contribution < 1.29 is 9.66 Å². The Morgan fingerprint density at radius 3 is 2.38 bits per heavy atom. The SMILES string of the molecule is O=[N+]([O-])C1=Cc2ccccc2O[C@H]1c1c(Cl)cccc1Cl. The van der Waals surface area contributed by atoms with E-state index < -0.39 is 11.0 Å². The minimum atomic E-state index is -0.934. The fourth-order valence-corrected chi connectivity index (χ4v) is 2.84. The van der Waals surface area contributed by atoms with Gasteiger partial charge in [0, 0.05) is 27.2 Å². The molecule has 0 saturated heterocycles.